The monoisotopic (exact) mass is 442 g/mol. The molecule has 3 aromatic rings. The zero-order valence-electron chi connectivity index (χ0n) is 18.4. The first-order chi connectivity index (χ1) is 15.4. The fourth-order valence-electron chi connectivity index (χ4n) is 3.30. The molecule has 0 aliphatic rings. The van der Waals surface area contributed by atoms with E-state index in [2.05, 4.69) is 42.0 Å². The van der Waals surface area contributed by atoms with Crippen molar-refractivity contribution in [2.24, 2.45) is 0 Å². The van der Waals surface area contributed by atoms with Gasteiger partial charge >= 0.3 is 6.18 Å². The maximum Gasteiger partial charge on any atom is 0.416 e. The number of halogens is 3. The van der Waals surface area contributed by atoms with E-state index in [4.69, 9.17) is 4.84 Å². The molecule has 2 N–H and O–H groups in total. The lowest BCUT2D eigenvalue weighted by molar-refractivity contribution is -0.137. The molecule has 0 saturated carbocycles. The Bertz CT molecular complexity index is 952. The molecule has 0 spiro atoms. The first-order valence-electron chi connectivity index (χ1n) is 10.8. The minimum atomic E-state index is -4.32. The van der Waals surface area contributed by atoms with Crippen molar-refractivity contribution in [1.82, 2.24) is 10.8 Å². The standard InChI is InChI=1S/C26H29F3N2O/c1-3-16-30-17-20-4-8-22(9-5-20)19(2)31-32-18-21-6-10-23(11-7-21)24-12-14-25(15-13-24)26(27,28)29/h4-15,19,30-31H,3,16-18H2,1-2H3. The van der Waals surface area contributed by atoms with Crippen molar-refractivity contribution in [2.45, 2.75) is 45.6 Å². The van der Waals surface area contributed by atoms with Gasteiger partial charge < -0.3 is 5.32 Å². The zero-order valence-corrected chi connectivity index (χ0v) is 18.4. The number of alkyl halides is 3. The summed E-state index contributed by atoms with van der Waals surface area (Å²) in [6, 6.07) is 21.3. The minimum Gasteiger partial charge on any atom is -0.313 e. The van der Waals surface area contributed by atoms with Gasteiger partial charge in [-0.25, -0.2) is 0 Å². The fourth-order valence-corrected chi connectivity index (χ4v) is 3.30. The Morgan fingerprint density at radius 1 is 0.812 bits per heavy atom. The molecule has 3 rings (SSSR count). The molecule has 0 bridgehead atoms. The Morgan fingerprint density at radius 3 is 1.94 bits per heavy atom. The van der Waals surface area contributed by atoms with Gasteiger partial charge in [-0.2, -0.15) is 18.7 Å². The van der Waals surface area contributed by atoms with Gasteiger partial charge in [0.1, 0.15) is 0 Å². The summed E-state index contributed by atoms with van der Waals surface area (Å²) in [4.78, 5) is 5.66. The normalized spacial score (nSPS) is 12.7. The smallest absolute Gasteiger partial charge is 0.313 e. The Kier molecular flexibility index (Phi) is 8.45. The van der Waals surface area contributed by atoms with E-state index in [1.807, 2.05) is 31.2 Å². The highest BCUT2D eigenvalue weighted by atomic mass is 19.4. The van der Waals surface area contributed by atoms with Gasteiger partial charge in [-0.3, -0.25) is 4.84 Å². The van der Waals surface area contributed by atoms with E-state index in [-0.39, 0.29) is 6.04 Å². The van der Waals surface area contributed by atoms with Gasteiger partial charge in [0.05, 0.1) is 18.2 Å². The first-order valence-corrected chi connectivity index (χ1v) is 10.8. The van der Waals surface area contributed by atoms with Crippen molar-refractivity contribution >= 4 is 0 Å². The van der Waals surface area contributed by atoms with E-state index >= 15 is 0 Å². The molecular weight excluding hydrogens is 413 g/mol. The van der Waals surface area contributed by atoms with Crippen LogP contribution in [0.1, 0.15) is 48.6 Å². The van der Waals surface area contributed by atoms with E-state index in [1.54, 1.807) is 0 Å². The Hall–Kier alpha value is -2.67. The van der Waals surface area contributed by atoms with Crippen LogP contribution in [0.5, 0.6) is 0 Å². The predicted molar refractivity (Wildman–Crippen MR) is 122 cm³/mol. The highest BCUT2D eigenvalue weighted by Crippen LogP contribution is 2.31. The lowest BCUT2D eigenvalue weighted by Crippen LogP contribution is -2.19. The lowest BCUT2D eigenvalue weighted by Gasteiger charge is -2.15. The van der Waals surface area contributed by atoms with Crippen LogP contribution in [0, 0.1) is 0 Å². The van der Waals surface area contributed by atoms with Crippen LogP contribution in [0.2, 0.25) is 0 Å². The topological polar surface area (TPSA) is 33.3 Å². The van der Waals surface area contributed by atoms with Gasteiger partial charge in [0.25, 0.3) is 0 Å². The largest absolute Gasteiger partial charge is 0.416 e. The van der Waals surface area contributed by atoms with Gasteiger partial charge in [-0.1, -0.05) is 67.6 Å². The van der Waals surface area contributed by atoms with E-state index in [1.165, 1.54) is 17.7 Å². The SMILES string of the molecule is CCCNCc1ccc(C(C)NOCc2ccc(-c3ccc(C(F)(F)F)cc3)cc2)cc1. The van der Waals surface area contributed by atoms with Crippen LogP contribution in [0.4, 0.5) is 13.2 Å². The third-order valence-corrected chi connectivity index (χ3v) is 5.23. The van der Waals surface area contributed by atoms with E-state index < -0.39 is 11.7 Å². The Morgan fingerprint density at radius 2 is 1.38 bits per heavy atom. The molecule has 1 atom stereocenters. The van der Waals surface area contributed by atoms with Crippen molar-refractivity contribution in [1.29, 1.82) is 0 Å². The van der Waals surface area contributed by atoms with Gasteiger partial charge in [0, 0.05) is 6.54 Å². The van der Waals surface area contributed by atoms with Crippen molar-refractivity contribution in [3.63, 3.8) is 0 Å². The molecule has 0 radical (unpaired) electrons. The fraction of sp³-hybridized carbons (Fsp3) is 0.308. The predicted octanol–water partition coefficient (Wildman–Crippen LogP) is 6.65. The third kappa shape index (κ3) is 6.92. The number of benzene rings is 3. The zero-order chi connectivity index (χ0) is 23.0. The van der Waals surface area contributed by atoms with Gasteiger partial charge in [0.15, 0.2) is 0 Å². The summed E-state index contributed by atoms with van der Waals surface area (Å²) in [6.07, 6.45) is -3.20. The van der Waals surface area contributed by atoms with E-state index in [9.17, 15) is 13.2 Å². The van der Waals surface area contributed by atoms with E-state index in [0.29, 0.717) is 6.61 Å². The molecule has 1 unspecified atom stereocenters. The quantitative estimate of drug-likeness (QED) is 0.272. The molecule has 0 aliphatic carbocycles. The first kappa shape index (κ1) is 24.0. The summed E-state index contributed by atoms with van der Waals surface area (Å²) >= 11 is 0. The summed E-state index contributed by atoms with van der Waals surface area (Å²) in [5, 5.41) is 3.39. The van der Waals surface area contributed by atoms with Crippen LogP contribution in [-0.4, -0.2) is 6.54 Å². The minimum absolute atomic E-state index is 0.0408. The summed E-state index contributed by atoms with van der Waals surface area (Å²) in [7, 11) is 0. The molecule has 3 aromatic carbocycles. The second kappa shape index (κ2) is 11.3. The van der Waals surface area contributed by atoms with Gasteiger partial charge in [0.2, 0.25) is 0 Å². The van der Waals surface area contributed by atoms with Gasteiger partial charge in [-0.05, 0) is 59.8 Å². The highest BCUT2D eigenvalue weighted by molar-refractivity contribution is 5.64. The summed E-state index contributed by atoms with van der Waals surface area (Å²) in [6.45, 7) is 6.46. The van der Waals surface area contributed by atoms with Crippen molar-refractivity contribution in [3.05, 3.63) is 95.1 Å². The average molecular weight is 443 g/mol. The maximum atomic E-state index is 12.7. The van der Waals surface area contributed by atoms with Crippen LogP contribution in [-0.2, 0) is 24.2 Å². The summed E-state index contributed by atoms with van der Waals surface area (Å²) < 4.78 is 38.1. The van der Waals surface area contributed by atoms with E-state index in [0.717, 1.165) is 53.9 Å². The Balaban J connectivity index is 1.48. The molecule has 6 heteroatoms. The van der Waals surface area contributed by atoms with Crippen molar-refractivity contribution in [2.75, 3.05) is 6.54 Å². The molecule has 170 valence electrons. The van der Waals surface area contributed by atoms with Crippen molar-refractivity contribution < 1.29 is 18.0 Å². The van der Waals surface area contributed by atoms with Gasteiger partial charge in [-0.15, -0.1) is 0 Å². The molecule has 0 amide bonds. The number of nitrogens with one attached hydrogen (secondary N) is 2. The number of hydroxylamine groups is 1. The molecule has 0 aliphatic heterocycles. The second-order valence-electron chi connectivity index (χ2n) is 7.82. The van der Waals surface area contributed by atoms with Crippen LogP contribution in [0.3, 0.4) is 0 Å². The van der Waals surface area contributed by atoms with Crippen LogP contribution >= 0.6 is 0 Å². The molecule has 32 heavy (non-hydrogen) atoms. The van der Waals surface area contributed by atoms with Crippen molar-refractivity contribution in [3.8, 4) is 11.1 Å². The molecule has 3 nitrogen and oxygen atoms in total. The number of hydrogen-bond donors (Lipinski definition) is 2. The maximum absolute atomic E-state index is 12.7. The third-order valence-electron chi connectivity index (χ3n) is 5.23. The summed E-state index contributed by atoms with van der Waals surface area (Å²) in [5.74, 6) is 0. The van der Waals surface area contributed by atoms with Crippen LogP contribution in [0.15, 0.2) is 72.8 Å². The molecule has 0 heterocycles. The molecular formula is C26H29F3N2O. The number of hydrogen-bond acceptors (Lipinski definition) is 3. The molecule has 0 saturated heterocycles. The highest BCUT2D eigenvalue weighted by Gasteiger charge is 2.29. The molecule has 0 fully saturated rings. The molecule has 0 aromatic heterocycles. The number of rotatable bonds is 10. The van der Waals surface area contributed by atoms with Crippen LogP contribution in [0.25, 0.3) is 11.1 Å². The average Bonchev–Trinajstić information content (AvgIpc) is 2.80. The lowest BCUT2D eigenvalue weighted by atomic mass is 10.0. The summed E-state index contributed by atoms with van der Waals surface area (Å²) in [5.41, 5.74) is 7.38. The Labute approximate surface area is 187 Å². The van der Waals surface area contributed by atoms with Crippen LogP contribution < -0.4 is 10.8 Å². The second-order valence-corrected chi connectivity index (χ2v) is 7.82.